The van der Waals surface area contributed by atoms with Crippen LogP contribution in [-0.4, -0.2) is 35.6 Å². The van der Waals surface area contributed by atoms with E-state index in [1.807, 2.05) is 17.7 Å². The second-order valence-electron chi connectivity index (χ2n) is 3.97. The van der Waals surface area contributed by atoms with E-state index in [1.54, 1.807) is 12.0 Å². The van der Waals surface area contributed by atoms with Gasteiger partial charge in [0.25, 0.3) is 5.91 Å². The van der Waals surface area contributed by atoms with Gasteiger partial charge in [0.1, 0.15) is 0 Å². The van der Waals surface area contributed by atoms with Gasteiger partial charge in [0.2, 0.25) is 0 Å². The molecule has 0 N–H and O–H groups in total. The quantitative estimate of drug-likeness (QED) is 0.835. The van der Waals surface area contributed by atoms with Crippen LogP contribution in [0.5, 0.6) is 5.75 Å². The summed E-state index contributed by atoms with van der Waals surface area (Å²) in [6.07, 6.45) is 0.953. The van der Waals surface area contributed by atoms with E-state index in [1.165, 1.54) is 0 Å². The van der Waals surface area contributed by atoms with Crippen LogP contribution in [0.15, 0.2) is 10.7 Å². The van der Waals surface area contributed by atoms with E-state index in [9.17, 15) is 4.79 Å². The number of carbonyl (C=O) groups is 1. The second-order valence-corrected chi connectivity index (χ2v) is 4.79. The maximum atomic E-state index is 12.2. The van der Waals surface area contributed by atoms with E-state index in [4.69, 9.17) is 4.74 Å². The van der Waals surface area contributed by atoms with Gasteiger partial charge in [0, 0.05) is 25.7 Å². The van der Waals surface area contributed by atoms with Crippen molar-refractivity contribution in [2.24, 2.45) is 0 Å². The van der Waals surface area contributed by atoms with Gasteiger partial charge in [-0.15, -0.1) is 0 Å². The number of fused-ring (bicyclic) bond motifs is 1. The molecule has 0 spiro atoms. The Morgan fingerprint density at radius 2 is 2.31 bits per heavy atom. The molecule has 2 heterocycles. The SMILES string of the molecule is CCC1Cn2c(Br)cc(OC)c2C(=O)N1C. The predicted molar refractivity (Wildman–Crippen MR) is 64.9 cm³/mol. The highest BCUT2D eigenvalue weighted by molar-refractivity contribution is 9.10. The fourth-order valence-electron chi connectivity index (χ4n) is 2.12. The van der Waals surface area contributed by atoms with Crippen LogP contribution < -0.4 is 4.74 Å². The maximum absolute atomic E-state index is 12.2. The number of rotatable bonds is 2. The van der Waals surface area contributed by atoms with Crippen molar-refractivity contribution in [3.05, 3.63) is 16.4 Å². The Morgan fingerprint density at radius 3 is 2.88 bits per heavy atom. The minimum absolute atomic E-state index is 0.0284. The van der Waals surface area contributed by atoms with Crippen molar-refractivity contribution < 1.29 is 9.53 Å². The fourth-order valence-corrected chi connectivity index (χ4v) is 2.65. The normalized spacial score (nSPS) is 19.9. The summed E-state index contributed by atoms with van der Waals surface area (Å²) in [5.74, 6) is 0.666. The van der Waals surface area contributed by atoms with Crippen LogP contribution in [0.1, 0.15) is 23.8 Å². The number of halogens is 1. The predicted octanol–water partition coefficient (Wildman–Crippen LogP) is 2.12. The fraction of sp³-hybridized carbons (Fsp3) is 0.545. The van der Waals surface area contributed by atoms with Crippen molar-refractivity contribution in [2.75, 3.05) is 14.2 Å². The molecule has 4 nitrogen and oxygen atoms in total. The first-order chi connectivity index (χ1) is 7.60. The average Bonchev–Trinajstić information content (AvgIpc) is 2.60. The third kappa shape index (κ3) is 1.54. The van der Waals surface area contributed by atoms with Crippen molar-refractivity contribution in [1.29, 1.82) is 0 Å². The second kappa shape index (κ2) is 4.13. The van der Waals surface area contributed by atoms with Crippen molar-refractivity contribution in [3.8, 4) is 5.75 Å². The minimum atomic E-state index is 0.0284. The summed E-state index contributed by atoms with van der Waals surface area (Å²) in [4.78, 5) is 14.0. The molecule has 0 bridgehead atoms. The molecule has 16 heavy (non-hydrogen) atoms. The zero-order chi connectivity index (χ0) is 11.9. The molecular weight excluding hydrogens is 272 g/mol. The summed E-state index contributed by atoms with van der Waals surface area (Å²) in [5.41, 5.74) is 0.640. The van der Waals surface area contributed by atoms with Crippen LogP contribution >= 0.6 is 15.9 Å². The van der Waals surface area contributed by atoms with Crippen molar-refractivity contribution in [3.63, 3.8) is 0 Å². The highest BCUT2D eigenvalue weighted by Crippen LogP contribution is 2.32. The number of hydrogen-bond acceptors (Lipinski definition) is 2. The van der Waals surface area contributed by atoms with E-state index >= 15 is 0 Å². The maximum Gasteiger partial charge on any atom is 0.274 e. The van der Waals surface area contributed by atoms with E-state index < -0.39 is 0 Å². The third-order valence-corrected chi connectivity index (χ3v) is 3.82. The molecule has 1 aliphatic heterocycles. The highest BCUT2D eigenvalue weighted by atomic mass is 79.9. The largest absolute Gasteiger partial charge is 0.494 e. The summed E-state index contributed by atoms with van der Waals surface area (Å²) in [5, 5.41) is 0. The molecule has 0 saturated heterocycles. The lowest BCUT2D eigenvalue weighted by molar-refractivity contribution is 0.0645. The van der Waals surface area contributed by atoms with Gasteiger partial charge in [0.15, 0.2) is 11.4 Å². The van der Waals surface area contributed by atoms with E-state index in [0.29, 0.717) is 11.4 Å². The van der Waals surface area contributed by atoms with Crippen LogP contribution in [-0.2, 0) is 6.54 Å². The first kappa shape index (κ1) is 11.5. The Labute approximate surface area is 103 Å². The summed E-state index contributed by atoms with van der Waals surface area (Å²) >= 11 is 3.46. The summed E-state index contributed by atoms with van der Waals surface area (Å²) in [7, 11) is 3.43. The molecule has 1 unspecified atom stereocenters. The Kier molecular flexibility index (Phi) is 2.97. The molecule has 1 aromatic heterocycles. The van der Waals surface area contributed by atoms with E-state index in [0.717, 1.165) is 17.6 Å². The number of methoxy groups -OCH3 is 1. The van der Waals surface area contributed by atoms with Gasteiger partial charge in [-0.3, -0.25) is 4.79 Å². The average molecular weight is 287 g/mol. The number of amides is 1. The van der Waals surface area contributed by atoms with Crippen LogP contribution in [0.4, 0.5) is 0 Å². The van der Waals surface area contributed by atoms with Gasteiger partial charge >= 0.3 is 0 Å². The lowest BCUT2D eigenvalue weighted by atomic mass is 10.1. The molecule has 0 saturated carbocycles. The lowest BCUT2D eigenvalue weighted by Crippen LogP contribution is -2.45. The summed E-state index contributed by atoms with van der Waals surface area (Å²) in [6.45, 7) is 2.91. The number of hydrogen-bond donors (Lipinski definition) is 0. The summed E-state index contributed by atoms with van der Waals surface area (Å²) in [6, 6.07) is 2.10. The molecule has 1 aromatic rings. The van der Waals surface area contributed by atoms with Gasteiger partial charge in [-0.05, 0) is 22.4 Å². The Bertz CT molecular complexity index is 428. The summed E-state index contributed by atoms with van der Waals surface area (Å²) < 4.78 is 8.11. The standard InChI is InChI=1S/C11H15BrN2O2/c1-4-7-6-14-9(12)5-8(16-3)10(14)11(15)13(7)2/h5,7H,4,6H2,1-3H3. The van der Waals surface area contributed by atoms with Gasteiger partial charge in [-0.1, -0.05) is 6.92 Å². The zero-order valence-electron chi connectivity index (χ0n) is 9.66. The molecule has 0 radical (unpaired) electrons. The number of ether oxygens (including phenoxy) is 1. The van der Waals surface area contributed by atoms with Crippen LogP contribution in [0, 0.1) is 0 Å². The minimum Gasteiger partial charge on any atom is -0.494 e. The van der Waals surface area contributed by atoms with Crippen molar-refractivity contribution in [1.82, 2.24) is 9.47 Å². The molecule has 5 heteroatoms. The Balaban J connectivity index is 2.52. The lowest BCUT2D eigenvalue weighted by Gasteiger charge is -2.33. The molecule has 0 fully saturated rings. The highest BCUT2D eigenvalue weighted by Gasteiger charge is 2.33. The molecular formula is C11H15BrN2O2. The van der Waals surface area contributed by atoms with Crippen LogP contribution in [0.25, 0.3) is 0 Å². The van der Waals surface area contributed by atoms with Gasteiger partial charge < -0.3 is 14.2 Å². The zero-order valence-corrected chi connectivity index (χ0v) is 11.2. The molecule has 0 aromatic carbocycles. The molecule has 1 atom stereocenters. The first-order valence-electron chi connectivity index (χ1n) is 5.30. The van der Waals surface area contributed by atoms with Gasteiger partial charge in [-0.25, -0.2) is 0 Å². The van der Waals surface area contributed by atoms with E-state index in [2.05, 4.69) is 22.9 Å². The van der Waals surface area contributed by atoms with Crippen LogP contribution in [0.2, 0.25) is 0 Å². The van der Waals surface area contributed by atoms with Gasteiger partial charge in [0.05, 0.1) is 11.7 Å². The number of aromatic nitrogens is 1. The monoisotopic (exact) mass is 286 g/mol. The topological polar surface area (TPSA) is 34.5 Å². The molecule has 1 amide bonds. The smallest absolute Gasteiger partial charge is 0.274 e. The molecule has 2 rings (SSSR count). The van der Waals surface area contributed by atoms with Crippen molar-refractivity contribution >= 4 is 21.8 Å². The Hall–Kier alpha value is -0.970. The number of nitrogens with zero attached hydrogens (tertiary/aromatic N) is 2. The molecule has 88 valence electrons. The molecule has 0 aliphatic carbocycles. The van der Waals surface area contributed by atoms with E-state index in [-0.39, 0.29) is 11.9 Å². The van der Waals surface area contributed by atoms with Crippen LogP contribution in [0.3, 0.4) is 0 Å². The Morgan fingerprint density at radius 1 is 1.62 bits per heavy atom. The third-order valence-electron chi connectivity index (χ3n) is 3.17. The van der Waals surface area contributed by atoms with Gasteiger partial charge in [-0.2, -0.15) is 0 Å². The first-order valence-corrected chi connectivity index (χ1v) is 6.09. The van der Waals surface area contributed by atoms with Crippen molar-refractivity contribution in [2.45, 2.75) is 25.9 Å². The number of carbonyl (C=O) groups excluding carboxylic acids is 1. The molecule has 1 aliphatic rings. The number of likely N-dealkylation sites (N-methyl/N-ethyl adjacent to an activating group) is 1.